The summed E-state index contributed by atoms with van der Waals surface area (Å²) < 4.78 is 5.17. The van der Waals surface area contributed by atoms with E-state index in [9.17, 15) is 9.59 Å². The molecule has 120 valence electrons. The van der Waals surface area contributed by atoms with Crippen LogP contribution < -0.4 is 5.32 Å². The number of amides is 1. The lowest BCUT2D eigenvalue weighted by Gasteiger charge is -2.08. The molecule has 2 aromatic carbocycles. The van der Waals surface area contributed by atoms with Crippen LogP contribution >= 0.6 is 0 Å². The second-order valence-corrected chi connectivity index (χ2v) is 5.44. The number of ketones is 1. The first kappa shape index (κ1) is 16.7. The Bertz CT molecular complexity index is 635. The van der Waals surface area contributed by atoms with E-state index in [1.807, 2.05) is 54.6 Å². The van der Waals surface area contributed by atoms with E-state index in [-0.39, 0.29) is 12.4 Å². The van der Waals surface area contributed by atoms with Crippen molar-refractivity contribution >= 4 is 17.6 Å². The smallest absolute Gasteiger partial charge is 0.411 e. The standard InChI is InChI=1S/C19H21NO3/c1-15(21)6-5-9-16-10-12-18(13-11-16)20-19(22)23-14-17-7-3-2-4-8-17/h2-4,7-8,10-13H,5-6,9,14H2,1H3,(H,20,22). The van der Waals surface area contributed by atoms with Gasteiger partial charge in [-0.3, -0.25) is 5.32 Å². The van der Waals surface area contributed by atoms with Crippen LogP contribution in [0.4, 0.5) is 10.5 Å². The van der Waals surface area contributed by atoms with E-state index in [0.29, 0.717) is 12.1 Å². The molecule has 0 aliphatic heterocycles. The van der Waals surface area contributed by atoms with Crippen molar-refractivity contribution in [2.24, 2.45) is 0 Å². The molecule has 0 saturated carbocycles. The largest absolute Gasteiger partial charge is 0.444 e. The molecule has 0 aromatic heterocycles. The van der Waals surface area contributed by atoms with Crippen molar-refractivity contribution in [2.45, 2.75) is 32.8 Å². The van der Waals surface area contributed by atoms with Crippen LogP contribution in [0, 0.1) is 0 Å². The lowest BCUT2D eigenvalue weighted by molar-refractivity contribution is -0.117. The highest BCUT2D eigenvalue weighted by Gasteiger charge is 2.04. The van der Waals surface area contributed by atoms with Gasteiger partial charge in [0.15, 0.2) is 0 Å². The van der Waals surface area contributed by atoms with E-state index >= 15 is 0 Å². The zero-order valence-electron chi connectivity index (χ0n) is 13.2. The first-order chi connectivity index (χ1) is 11.1. The van der Waals surface area contributed by atoms with Crippen molar-refractivity contribution in [2.75, 3.05) is 5.32 Å². The van der Waals surface area contributed by atoms with Crippen molar-refractivity contribution in [3.05, 3.63) is 65.7 Å². The van der Waals surface area contributed by atoms with E-state index in [4.69, 9.17) is 4.74 Å². The minimum Gasteiger partial charge on any atom is -0.444 e. The van der Waals surface area contributed by atoms with Crippen molar-refractivity contribution < 1.29 is 14.3 Å². The summed E-state index contributed by atoms with van der Waals surface area (Å²) >= 11 is 0. The van der Waals surface area contributed by atoms with Gasteiger partial charge in [0.25, 0.3) is 0 Å². The van der Waals surface area contributed by atoms with Gasteiger partial charge in [-0.1, -0.05) is 42.5 Å². The third-order valence-electron chi connectivity index (χ3n) is 3.41. The number of Topliss-reactive ketones (excluding diaryl/α,β-unsaturated/α-hetero) is 1. The number of hydrogen-bond donors (Lipinski definition) is 1. The summed E-state index contributed by atoms with van der Waals surface area (Å²) in [5, 5.41) is 2.70. The van der Waals surface area contributed by atoms with Crippen LogP contribution in [-0.4, -0.2) is 11.9 Å². The molecule has 0 atom stereocenters. The van der Waals surface area contributed by atoms with Gasteiger partial charge in [-0.15, -0.1) is 0 Å². The number of benzene rings is 2. The highest BCUT2D eigenvalue weighted by atomic mass is 16.5. The van der Waals surface area contributed by atoms with Gasteiger partial charge in [-0.05, 0) is 43.0 Å². The Kier molecular flexibility index (Phi) is 6.36. The SMILES string of the molecule is CC(=O)CCCc1ccc(NC(=O)OCc2ccccc2)cc1. The molecule has 0 fully saturated rings. The monoisotopic (exact) mass is 311 g/mol. The molecule has 0 spiro atoms. The van der Waals surface area contributed by atoms with Gasteiger partial charge in [0.2, 0.25) is 0 Å². The van der Waals surface area contributed by atoms with E-state index in [1.54, 1.807) is 6.92 Å². The van der Waals surface area contributed by atoms with Gasteiger partial charge in [-0.2, -0.15) is 0 Å². The quantitative estimate of drug-likeness (QED) is 0.827. The molecule has 0 unspecified atom stereocenters. The van der Waals surface area contributed by atoms with Gasteiger partial charge in [0, 0.05) is 12.1 Å². The molecule has 0 saturated heterocycles. The van der Waals surface area contributed by atoms with Crippen LogP contribution in [0.3, 0.4) is 0 Å². The van der Waals surface area contributed by atoms with E-state index in [0.717, 1.165) is 24.0 Å². The van der Waals surface area contributed by atoms with Crippen molar-refractivity contribution in [3.8, 4) is 0 Å². The molecule has 0 bridgehead atoms. The summed E-state index contributed by atoms with van der Waals surface area (Å²) in [6.45, 7) is 1.85. The summed E-state index contributed by atoms with van der Waals surface area (Å²) in [5.74, 6) is 0.212. The fourth-order valence-corrected chi connectivity index (χ4v) is 2.17. The predicted octanol–water partition coefficient (Wildman–Crippen LogP) is 4.35. The molecule has 1 N–H and O–H groups in total. The third kappa shape index (κ3) is 6.34. The highest BCUT2D eigenvalue weighted by Crippen LogP contribution is 2.12. The van der Waals surface area contributed by atoms with Gasteiger partial charge in [0.05, 0.1) is 0 Å². The summed E-state index contributed by atoms with van der Waals surface area (Å²) in [6.07, 6.45) is 1.84. The number of nitrogens with one attached hydrogen (secondary N) is 1. The summed E-state index contributed by atoms with van der Waals surface area (Å²) in [7, 11) is 0. The number of ether oxygens (including phenoxy) is 1. The third-order valence-corrected chi connectivity index (χ3v) is 3.41. The summed E-state index contributed by atoms with van der Waals surface area (Å²) in [5.41, 5.74) is 2.79. The minimum atomic E-state index is -0.474. The number of anilines is 1. The van der Waals surface area contributed by atoms with Gasteiger partial charge < -0.3 is 9.53 Å². The zero-order chi connectivity index (χ0) is 16.5. The first-order valence-electron chi connectivity index (χ1n) is 7.69. The Labute approximate surface area is 136 Å². The second kappa shape index (κ2) is 8.73. The normalized spacial score (nSPS) is 10.1. The summed E-state index contributed by atoms with van der Waals surface area (Å²) in [4.78, 5) is 22.7. The van der Waals surface area contributed by atoms with Crippen LogP contribution in [0.1, 0.15) is 30.9 Å². The molecule has 4 heteroatoms. The maximum absolute atomic E-state index is 11.7. The fraction of sp³-hybridized carbons (Fsp3) is 0.263. The number of carbonyl (C=O) groups excluding carboxylic acids is 2. The minimum absolute atomic E-state index is 0.212. The van der Waals surface area contributed by atoms with Crippen LogP contribution in [0.15, 0.2) is 54.6 Å². The Balaban J connectivity index is 1.76. The van der Waals surface area contributed by atoms with E-state index in [2.05, 4.69) is 5.32 Å². The van der Waals surface area contributed by atoms with Crippen LogP contribution in [0.25, 0.3) is 0 Å². The lowest BCUT2D eigenvalue weighted by atomic mass is 10.1. The number of aryl methyl sites for hydroxylation is 1. The van der Waals surface area contributed by atoms with E-state index in [1.165, 1.54) is 0 Å². The van der Waals surface area contributed by atoms with E-state index < -0.39 is 6.09 Å². The molecular formula is C19H21NO3. The average Bonchev–Trinajstić information content (AvgIpc) is 2.55. The predicted molar refractivity (Wildman–Crippen MR) is 90.3 cm³/mol. The average molecular weight is 311 g/mol. The molecule has 4 nitrogen and oxygen atoms in total. The Morgan fingerprint density at radius 1 is 0.957 bits per heavy atom. The van der Waals surface area contributed by atoms with Crippen molar-refractivity contribution in [1.29, 1.82) is 0 Å². The van der Waals surface area contributed by atoms with Gasteiger partial charge in [-0.25, -0.2) is 4.79 Å². The molecule has 23 heavy (non-hydrogen) atoms. The second-order valence-electron chi connectivity index (χ2n) is 5.44. The number of hydrogen-bond acceptors (Lipinski definition) is 3. The maximum atomic E-state index is 11.7. The molecule has 0 heterocycles. The van der Waals surface area contributed by atoms with Gasteiger partial charge >= 0.3 is 6.09 Å². The Hall–Kier alpha value is -2.62. The number of carbonyl (C=O) groups is 2. The summed E-state index contributed by atoms with van der Waals surface area (Å²) in [6, 6.07) is 17.1. The molecule has 0 radical (unpaired) electrons. The highest BCUT2D eigenvalue weighted by molar-refractivity contribution is 5.84. The topological polar surface area (TPSA) is 55.4 Å². The molecule has 2 aromatic rings. The first-order valence-corrected chi connectivity index (χ1v) is 7.69. The van der Waals surface area contributed by atoms with Crippen LogP contribution in [-0.2, 0) is 22.6 Å². The van der Waals surface area contributed by atoms with Crippen LogP contribution in [0.5, 0.6) is 0 Å². The fourth-order valence-electron chi connectivity index (χ4n) is 2.17. The zero-order valence-corrected chi connectivity index (χ0v) is 13.2. The Morgan fingerprint density at radius 2 is 1.65 bits per heavy atom. The lowest BCUT2D eigenvalue weighted by Crippen LogP contribution is -2.13. The van der Waals surface area contributed by atoms with Crippen molar-refractivity contribution in [1.82, 2.24) is 0 Å². The molecule has 0 aliphatic carbocycles. The van der Waals surface area contributed by atoms with Crippen LogP contribution in [0.2, 0.25) is 0 Å². The molecule has 2 rings (SSSR count). The Morgan fingerprint density at radius 3 is 2.30 bits per heavy atom. The molecule has 1 amide bonds. The van der Waals surface area contributed by atoms with Crippen molar-refractivity contribution in [3.63, 3.8) is 0 Å². The molecular weight excluding hydrogens is 290 g/mol. The number of rotatable bonds is 7. The van der Waals surface area contributed by atoms with Gasteiger partial charge in [0.1, 0.15) is 12.4 Å². The molecule has 0 aliphatic rings. The maximum Gasteiger partial charge on any atom is 0.411 e.